The number of para-hydroxylation sites is 1. The predicted molar refractivity (Wildman–Crippen MR) is 93.2 cm³/mol. The largest absolute Gasteiger partial charge is 0.365 e. The second-order valence-corrected chi connectivity index (χ2v) is 7.74. The lowest BCUT2D eigenvalue weighted by Crippen LogP contribution is -2.58. The molecule has 2 nitrogen and oxygen atoms in total. The van der Waals surface area contributed by atoms with Crippen LogP contribution in [-0.4, -0.2) is 25.2 Å². The van der Waals surface area contributed by atoms with Gasteiger partial charge in [0.2, 0.25) is 0 Å². The number of rotatable bonds is 3. The second kappa shape index (κ2) is 6.39. The van der Waals surface area contributed by atoms with Crippen LogP contribution in [0.5, 0.6) is 0 Å². The molecule has 1 aromatic rings. The van der Waals surface area contributed by atoms with Crippen molar-refractivity contribution in [2.75, 3.05) is 18.0 Å². The fraction of sp³-hybridized carbons (Fsp3) is 0.684. The van der Waals surface area contributed by atoms with Gasteiger partial charge < -0.3 is 10.2 Å². The number of benzene rings is 1. The molecule has 21 heavy (non-hydrogen) atoms. The van der Waals surface area contributed by atoms with Gasteiger partial charge in [0.15, 0.2) is 0 Å². The third-order valence-corrected chi connectivity index (χ3v) is 4.72. The molecule has 1 aromatic carbocycles. The molecule has 2 heteroatoms. The summed E-state index contributed by atoms with van der Waals surface area (Å²) in [6.07, 6.45) is 1.19. The van der Waals surface area contributed by atoms with Crippen LogP contribution in [-0.2, 0) is 5.41 Å². The van der Waals surface area contributed by atoms with Crippen LogP contribution in [0.15, 0.2) is 24.3 Å². The van der Waals surface area contributed by atoms with Gasteiger partial charge in [-0.3, -0.25) is 0 Å². The number of hydrogen-bond donors (Lipinski definition) is 1. The maximum Gasteiger partial charge on any atom is 0.0438 e. The third-order valence-electron chi connectivity index (χ3n) is 4.72. The van der Waals surface area contributed by atoms with Crippen molar-refractivity contribution in [1.82, 2.24) is 5.32 Å². The van der Waals surface area contributed by atoms with E-state index >= 15 is 0 Å². The van der Waals surface area contributed by atoms with E-state index in [9.17, 15) is 0 Å². The van der Waals surface area contributed by atoms with E-state index in [0.717, 1.165) is 13.1 Å². The van der Waals surface area contributed by atoms with Crippen LogP contribution in [0.1, 0.15) is 53.5 Å². The summed E-state index contributed by atoms with van der Waals surface area (Å²) in [7, 11) is 0. The molecule has 1 heterocycles. The van der Waals surface area contributed by atoms with Gasteiger partial charge in [-0.2, -0.15) is 0 Å². The Bertz CT molecular complexity index is 459. The molecule has 1 saturated heterocycles. The first-order valence-electron chi connectivity index (χ1n) is 8.44. The molecule has 0 aromatic heterocycles. The Kier molecular flexibility index (Phi) is 4.98. The first-order valence-corrected chi connectivity index (χ1v) is 8.44. The molecule has 0 bridgehead atoms. The molecule has 1 aliphatic heterocycles. The van der Waals surface area contributed by atoms with Crippen LogP contribution < -0.4 is 10.2 Å². The summed E-state index contributed by atoms with van der Waals surface area (Å²) in [5.41, 5.74) is 3.08. The summed E-state index contributed by atoms with van der Waals surface area (Å²) < 4.78 is 0. The van der Waals surface area contributed by atoms with Crippen LogP contribution in [0, 0.1) is 5.92 Å². The molecule has 0 spiro atoms. The molecule has 1 aliphatic rings. The molecular weight excluding hydrogens is 256 g/mol. The SMILES string of the molecule is CCC1CN(c2ccccc2C(C)(C)C)C(C(C)C)CN1. The summed E-state index contributed by atoms with van der Waals surface area (Å²) in [6.45, 7) is 16.1. The lowest BCUT2D eigenvalue weighted by molar-refractivity contribution is 0.332. The minimum atomic E-state index is 0.185. The van der Waals surface area contributed by atoms with Gasteiger partial charge in [0.05, 0.1) is 0 Å². The van der Waals surface area contributed by atoms with Crippen LogP contribution in [0.3, 0.4) is 0 Å². The Morgan fingerprint density at radius 2 is 1.90 bits per heavy atom. The zero-order valence-corrected chi connectivity index (χ0v) is 14.6. The van der Waals surface area contributed by atoms with Crippen LogP contribution in [0.2, 0.25) is 0 Å². The van der Waals surface area contributed by atoms with Gasteiger partial charge in [0.25, 0.3) is 0 Å². The molecule has 1 N–H and O–H groups in total. The first kappa shape index (κ1) is 16.4. The van der Waals surface area contributed by atoms with Gasteiger partial charge >= 0.3 is 0 Å². The molecule has 0 radical (unpaired) electrons. The molecule has 0 aliphatic carbocycles. The standard InChI is InChI=1S/C19H32N2/c1-7-15-13-21(18(12-20-15)14(2)3)17-11-9-8-10-16(17)19(4,5)6/h8-11,14-15,18,20H,7,12-13H2,1-6H3. The van der Waals surface area contributed by atoms with Crippen molar-refractivity contribution < 1.29 is 0 Å². The van der Waals surface area contributed by atoms with Gasteiger partial charge in [0, 0.05) is 30.9 Å². The van der Waals surface area contributed by atoms with E-state index in [2.05, 4.69) is 76.0 Å². The quantitative estimate of drug-likeness (QED) is 0.897. The molecule has 2 rings (SSSR count). The zero-order chi connectivity index (χ0) is 15.6. The van der Waals surface area contributed by atoms with Crippen molar-refractivity contribution >= 4 is 5.69 Å². The van der Waals surface area contributed by atoms with E-state index in [-0.39, 0.29) is 5.41 Å². The van der Waals surface area contributed by atoms with Crippen molar-refractivity contribution in [3.8, 4) is 0 Å². The third kappa shape index (κ3) is 3.60. The highest BCUT2D eigenvalue weighted by Crippen LogP contribution is 2.34. The van der Waals surface area contributed by atoms with E-state index in [0.29, 0.717) is 18.0 Å². The lowest BCUT2D eigenvalue weighted by atomic mass is 9.84. The van der Waals surface area contributed by atoms with Gasteiger partial charge in [-0.25, -0.2) is 0 Å². The van der Waals surface area contributed by atoms with E-state index in [4.69, 9.17) is 0 Å². The highest BCUT2D eigenvalue weighted by molar-refractivity contribution is 5.57. The Morgan fingerprint density at radius 1 is 1.24 bits per heavy atom. The maximum absolute atomic E-state index is 3.72. The number of nitrogens with zero attached hydrogens (tertiary/aromatic N) is 1. The predicted octanol–water partition coefficient (Wildman–Crippen LogP) is 4.20. The average Bonchev–Trinajstić information content (AvgIpc) is 2.45. The van der Waals surface area contributed by atoms with E-state index < -0.39 is 0 Å². The summed E-state index contributed by atoms with van der Waals surface area (Å²) >= 11 is 0. The smallest absolute Gasteiger partial charge is 0.0438 e. The van der Waals surface area contributed by atoms with Gasteiger partial charge in [-0.1, -0.05) is 59.7 Å². The lowest BCUT2D eigenvalue weighted by Gasteiger charge is -2.45. The maximum atomic E-state index is 3.72. The topological polar surface area (TPSA) is 15.3 Å². The number of piperazine rings is 1. The minimum absolute atomic E-state index is 0.185. The van der Waals surface area contributed by atoms with Gasteiger partial charge in [0.1, 0.15) is 0 Å². The van der Waals surface area contributed by atoms with E-state index in [1.54, 1.807) is 0 Å². The van der Waals surface area contributed by atoms with Crippen molar-refractivity contribution in [2.45, 2.75) is 65.5 Å². The van der Waals surface area contributed by atoms with Crippen molar-refractivity contribution in [3.63, 3.8) is 0 Å². The molecule has 118 valence electrons. The van der Waals surface area contributed by atoms with E-state index in [1.807, 2.05) is 0 Å². The van der Waals surface area contributed by atoms with Gasteiger partial charge in [-0.15, -0.1) is 0 Å². The molecular formula is C19H32N2. The first-order chi connectivity index (χ1) is 9.84. The van der Waals surface area contributed by atoms with Crippen molar-refractivity contribution in [3.05, 3.63) is 29.8 Å². The normalized spacial score (nSPS) is 23.7. The second-order valence-electron chi connectivity index (χ2n) is 7.74. The highest BCUT2D eigenvalue weighted by Gasteiger charge is 2.32. The van der Waals surface area contributed by atoms with Crippen LogP contribution in [0.25, 0.3) is 0 Å². The van der Waals surface area contributed by atoms with Crippen molar-refractivity contribution in [1.29, 1.82) is 0 Å². The van der Waals surface area contributed by atoms with Crippen LogP contribution >= 0.6 is 0 Å². The fourth-order valence-electron chi connectivity index (χ4n) is 3.34. The number of hydrogen-bond acceptors (Lipinski definition) is 2. The Labute approximate surface area is 130 Å². The van der Waals surface area contributed by atoms with Gasteiger partial charge in [-0.05, 0) is 29.4 Å². The fourth-order valence-corrected chi connectivity index (χ4v) is 3.34. The summed E-state index contributed by atoms with van der Waals surface area (Å²) in [4.78, 5) is 2.66. The van der Waals surface area contributed by atoms with E-state index in [1.165, 1.54) is 17.7 Å². The average molecular weight is 288 g/mol. The summed E-state index contributed by atoms with van der Waals surface area (Å²) in [5.74, 6) is 0.656. The number of nitrogens with one attached hydrogen (secondary N) is 1. The minimum Gasteiger partial charge on any atom is -0.365 e. The molecule has 0 amide bonds. The molecule has 2 atom stereocenters. The van der Waals surface area contributed by atoms with Crippen LogP contribution in [0.4, 0.5) is 5.69 Å². The summed E-state index contributed by atoms with van der Waals surface area (Å²) in [6, 6.07) is 10.2. The number of anilines is 1. The monoisotopic (exact) mass is 288 g/mol. The Balaban J connectivity index is 2.41. The summed E-state index contributed by atoms with van der Waals surface area (Å²) in [5, 5.41) is 3.72. The molecule has 2 unspecified atom stereocenters. The Hall–Kier alpha value is -1.02. The highest BCUT2D eigenvalue weighted by atomic mass is 15.2. The molecule has 1 fully saturated rings. The Morgan fingerprint density at radius 3 is 2.48 bits per heavy atom. The molecule has 0 saturated carbocycles. The van der Waals surface area contributed by atoms with Crippen molar-refractivity contribution in [2.24, 2.45) is 5.92 Å². The zero-order valence-electron chi connectivity index (χ0n) is 14.6.